The molecular formula is C29H23N. The quantitative estimate of drug-likeness (QED) is 0.487. The van der Waals surface area contributed by atoms with Crippen molar-refractivity contribution in [2.45, 2.75) is 19.3 Å². The van der Waals surface area contributed by atoms with Crippen molar-refractivity contribution in [3.8, 4) is 22.4 Å². The number of hydrogen-bond acceptors (Lipinski definition) is 0. The van der Waals surface area contributed by atoms with Crippen LogP contribution in [-0.2, 0) is 5.41 Å². The summed E-state index contributed by atoms with van der Waals surface area (Å²) in [5, 5.41) is 2.36. The van der Waals surface area contributed by atoms with Gasteiger partial charge in [0.15, 0.2) is 0 Å². The third-order valence-electron chi connectivity index (χ3n) is 6.83. The lowest BCUT2D eigenvalue weighted by atomic mass is 9.64. The van der Waals surface area contributed by atoms with E-state index in [1.54, 1.807) is 0 Å². The topological polar surface area (TPSA) is 15.8 Å². The molecule has 0 spiro atoms. The molecule has 30 heavy (non-hydrogen) atoms. The van der Waals surface area contributed by atoms with E-state index >= 15 is 0 Å². The molecule has 3 aromatic carbocycles. The Kier molecular flexibility index (Phi) is 3.60. The molecule has 4 aromatic rings. The second kappa shape index (κ2) is 6.23. The molecule has 0 saturated carbocycles. The first-order chi connectivity index (χ1) is 14.7. The standard InChI is InChI=1S/C29H23N/c1-19(2)29(24-16-8-6-13-21(24)22-14-7-9-17-25(22)29)27-23-15-10-18-26(23)30-28(27)20-11-4-3-5-12-20/h3-17,19,30H,1-2H3. The summed E-state index contributed by atoms with van der Waals surface area (Å²) < 4.78 is 0. The highest BCUT2D eigenvalue weighted by atomic mass is 14.7. The average Bonchev–Trinajstić information content (AvgIpc) is 3.45. The van der Waals surface area contributed by atoms with Crippen LogP contribution in [0.5, 0.6) is 0 Å². The highest BCUT2D eigenvalue weighted by Gasteiger charge is 2.49. The van der Waals surface area contributed by atoms with Crippen molar-refractivity contribution in [2.75, 3.05) is 0 Å². The Balaban J connectivity index is 1.82. The van der Waals surface area contributed by atoms with Gasteiger partial charge in [-0.05, 0) is 45.9 Å². The summed E-state index contributed by atoms with van der Waals surface area (Å²) in [5.74, 6) is 0.374. The van der Waals surface area contributed by atoms with Gasteiger partial charge in [0.25, 0.3) is 0 Å². The minimum atomic E-state index is -0.223. The highest BCUT2D eigenvalue weighted by molar-refractivity contribution is 5.86. The summed E-state index contributed by atoms with van der Waals surface area (Å²) in [7, 11) is 0. The Morgan fingerprint density at radius 3 is 2.00 bits per heavy atom. The second-order valence-electron chi connectivity index (χ2n) is 8.56. The molecular weight excluding hydrogens is 362 g/mol. The summed E-state index contributed by atoms with van der Waals surface area (Å²) in [6, 6.07) is 28.6. The first-order valence-electron chi connectivity index (χ1n) is 10.7. The molecule has 1 nitrogen and oxygen atoms in total. The third-order valence-corrected chi connectivity index (χ3v) is 6.83. The lowest BCUT2D eigenvalue weighted by Crippen LogP contribution is -2.39. The zero-order valence-corrected chi connectivity index (χ0v) is 17.2. The minimum Gasteiger partial charge on any atom is -0.348 e. The number of fused-ring (bicyclic) bond motifs is 4. The Morgan fingerprint density at radius 1 is 0.767 bits per heavy atom. The van der Waals surface area contributed by atoms with Gasteiger partial charge in [0.05, 0.1) is 16.5 Å². The molecule has 0 saturated heterocycles. The van der Waals surface area contributed by atoms with Gasteiger partial charge in [0, 0.05) is 10.8 Å². The second-order valence-corrected chi connectivity index (χ2v) is 8.56. The summed E-state index contributed by atoms with van der Waals surface area (Å²) in [5.41, 5.74) is 12.5. The molecule has 0 radical (unpaired) electrons. The molecule has 1 N–H and O–H groups in total. The molecule has 1 aromatic heterocycles. The highest BCUT2D eigenvalue weighted by Crippen LogP contribution is 2.56. The number of benzene rings is 3. The Hall–Kier alpha value is -3.54. The van der Waals surface area contributed by atoms with Gasteiger partial charge in [0.1, 0.15) is 0 Å². The number of hydrogen-bond donors (Lipinski definition) is 1. The molecule has 1 heteroatoms. The van der Waals surface area contributed by atoms with Crippen LogP contribution in [0, 0.1) is 5.92 Å². The third kappa shape index (κ3) is 2.08. The maximum atomic E-state index is 3.72. The van der Waals surface area contributed by atoms with E-state index in [2.05, 4.69) is 110 Å². The van der Waals surface area contributed by atoms with Crippen LogP contribution in [0.4, 0.5) is 0 Å². The van der Waals surface area contributed by atoms with Crippen LogP contribution < -0.4 is 10.6 Å². The van der Waals surface area contributed by atoms with Crippen molar-refractivity contribution < 1.29 is 0 Å². The molecule has 0 atom stereocenters. The van der Waals surface area contributed by atoms with Crippen LogP contribution in [0.2, 0.25) is 0 Å². The Labute approximate surface area is 176 Å². The fraction of sp³-hybridized carbons (Fsp3) is 0.138. The molecule has 0 aliphatic heterocycles. The average molecular weight is 386 g/mol. The van der Waals surface area contributed by atoms with Crippen molar-refractivity contribution in [3.63, 3.8) is 0 Å². The summed E-state index contributed by atoms with van der Waals surface area (Å²) in [6.07, 6.45) is 4.27. The van der Waals surface area contributed by atoms with Gasteiger partial charge < -0.3 is 4.98 Å². The van der Waals surface area contributed by atoms with Gasteiger partial charge in [-0.1, -0.05) is 98.4 Å². The van der Waals surface area contributed by atoms with Gasteiger partial charge in [0.2, 0.25) is 0 Å². The maximum Gasteiger partial charge on any atom is 0.0895 e. The molecule has 2 aliphatic carbocycles. The monoisotopic (exact) mass is 385 g/mol. The maximum absolute atomic E-state index is 3.72. The zero-order chi connectivity index (χ0) is 20.3. The molecule has 6 rings (SSSR count). The van der Waals surface area contributed by atoms with Crippen LogP contribution >= 0.6 is 0 Å². The zero-order valence-electron chi connectivity index (χ0n) is 17.2. The van der Waals surface area contributed by atoms with E-state index in [0.717, 1.165) is 5.35 Å². The lowest BCUT2D eigenvalue weighted by molar-refractivity contribution is 0.446. The van der Waals surface area contributed by atoms with Crippen LogP contribution in [0.1, 0.15) is 30.5 Å². The van der Waals surface area contributed by atoms with Crippen LogP contribution in [0.15, 0.2) is 84.9 Å². The number of allylic oxidation sites excluding steroid dienone is 1. The van der Waals surface area contributed by atoms with Crippen molar-refractivity contribution in [1.82, 2.24) is 4.98 Å². The molecule has 0 fully saturated rings. The van der Waals surface area contributed by atoms with Gasteiger partial charge in [-0.2, -0.15) is 0 Å². The largest absolute Gasteiger partial charge is 0.348 e. The minimum absolute atomic E-state index is 0.223. The van der Waals surface area contributed by atoms with Gasteiger partial charge in [-0.15, -0.1) is 0 Å². The number of rotatable bonds is 3. The van der Waals surface area contributed by atoms with Crippen LogP contribution in [0.3, 0.4) is 0 Å². The van der Waals surface area contributed by atoms with Crippen molar-refractivity contribution in [2.24, 2.45) is 5.92 Å². The molecule has 144 valence electrons. The van der Waals surface area contributed by atoms with Crippen LogP contribution in [-0.4, -0.2) is 4.98 Å². The fourth-order valence-corrected chi connectivity index (χ4v) is 5.68. The number of aromatic amines is 1. The summed E-state index contributed by atoms with van der Waals surface area (Å²) in [4.78, 5) is 3.72. The fourth-order valence-electron chi connectivity index (χ4n) is 5.68. The number of H-pyrrole nitrogens is 1. The van der Waals surface area contributed by atoms with Gasteiger partial charge >= 0.3 is 0 Å². The predicted octanol–water partition coefficient (Wildman–Crippen LogP) is 5.38. The summed E-state index contributed by atoms with van der Waals surface area (Å²) >= 11 is 0. The van der Waals surface area contributed by atoms with Crippen molar-refractivity contribution >= 4 is 11.8 Å². The Morgan fingerprint density at radius 2 is 1.37 bits per heavy atom. The Bertz CT molecular complexity index is 1400. The smallest absolute Gasteiger partial charge is 0.0895 e. The van der Waals surface area contributed by atoms with Crippen molar-refractivity contribution in [3.05, 3.63) is 112 Å². The van der Waals surface area contributed by atoms with Gasteiger partial charge in [-0.3, -0.25) is 0 Å². The first kappa shape index (κ1) is 17.3. The van der Waals surface area contributed by atoms with Crippen molar-refractivity contribution in [1.29, 1.82) is 0 Å². The van der Waals surface area contributed by atoms with Crippen LogP contribution in [0.25, 0.3) is 34.2 Å². The van der Waals surface area contributed by atoms with Gasteiger partial charge in [-0.25, -0.2) is 0 Å². The lowest BCUT2D eigenvalue weighted by Gasteiger charge is -2.37. The normalized spacial score (nSPS) is 14.8. The number of aromatic nitrogens is 1. The van der Waals surface area contributed by atoms with E-state index < -0.39 is 0 Å². The van der Waals surface area contributed by atoms with E-state index in [1.165, 1.54) is 44.3 Å². The molecule has 0 bridgehead atoms. The first-order valence-corrected chi connectivity index (χ1v) is 10.7. The molecule has 0 amide bonds. The van der Waals surface area contributed by atoms with E-state index in [9.17, 15) is 0 Å². The predicted molar refractivity (Wildman–Crippen MR) is 125 cm³/mol. The summed E-state index contributed by atoms with van der Waals surface area (Å²) in [6.45, 7) is 4.72. The van der Waals surface area contributed by atoms with E-state index in [-0.39, 0.29) is 5.41 Å². The molecule has 2 aliphatic rings. The van der Waals surface area contributed by atoms with E-state index in [1.807, 2.05) is 6.08 Å². The van der Waals surface area contributed by atoms with E-state index in [0.29, 0.717) is 5.92 Å². The number of nitrogens with one attached hydrogen (secondary N) is 1. The SMILES string of the molecule is CC(C)C1(c2c(-c3ccccc3)[nH]c3c2=CC=C=3)c2ccccc2-c2ccccc21. The molecule has 0 unspecified atom stereocenters. The van der Waals surface area contributed by atoms with E-state index in [4.69, 9.17) is 0 Å². The molecule has 1 heterocycles.